The summed E-state index contributed by atoms with van der Waals surface area (Å²) in [7, 11) is 0. The zero-order chi connectivity index (χ0) is 21.4. The Balaban J connectivity index is 1.28. The minimum Gasteiger partial charge on any atom is -0.368 e. The van der Waals surface area contributed by atoms with Crippen LogP contribution >= 0.6 is 0 Å². The standard InChI is InChI=1S/C24H32N6O/c1-2-8-29-15-20(10-18-11-21-19(12-22(18)29)13-26-23(25)28-21)27-24(31)30-9-7-16-5-3-4-6-17(16)14-30/h3-6,13,18,20,22H,2,7-12,14-15H2,1H3,(H,27,31)(H2,25,26,28)/t18-,20+,22-/m1/s1. The Morgan fingerprint density at radius 1 is 1.23 bits per heavy atom. The molecule has 1 aromatic heterocycles. The number of nitrogens with one attached hydrogen (secondary N) is 1. The van der Waals surface area contributed by atoms with Gasteiger partial charge in [-0.05, 0) is 61.3 Å². The molecule has 31 heavy (non-hydrogen) atoms. The average Bonchev–Trinajstić information content (AvgIpc) is 2.77. The fourth-order valence-corrected chi connectivity index (χ4v) is 5.69. The minimum atomic E-state index is 0.0668. The molecule has 0 radical (unpaired) electrons. The Labute approximate surface area is 184 Å². The van der Waals surface area contributed by atoms with Gasteiger partial charge in [0, 0.05) is 43.6 Å². The summed E-state index contributed by atoms with van der Waals surface area (Å²) in [6.07, 6.45) is 6.82. The second kappa shape index (κ2) is 8.46. The van der Waals surface area contributed by atoms with Crippen molar-refractivity contribution in [2.45, 2.75) is 57.7 Å². The molecule has 3 aliphatic rings. The molecule has 0 saturated carbocycles. The van der Waals surface area contributed by atoms with Gasteiger partial charge >= 0.3 is 6.03 Å². The van der Waals surface area contributed by atoms with Crippen LogP contribution < -0.4 is 11.1 Å². The van der Waals surface area contributed by atoms with Crippen LogP contribution in [0.2, 0.25) is 0 Å². The lowest BCUT2D eigenvalue weighted by Crippen LogP contribution is -2.59. The lowest BCUT2D eigenvalue weighted by Gasteiger charge is -2.47. The van der Waals surface area contributed by atoms with E-state index in [4.69, 9.17) is 5.73 Å². The number of hydrogen-bond donors (Lipinski definition) is 2. The van der Waals surface area contributed by atoms with Crippen LogP contribution in [0.25, 0.3) is 0 Å². The van der Waals surface area contributed by atoms with E-state index in [1.807, 2.05) is 11.1 Å². The maximum atomic E-state index is 13.1. The van der Waals surface area contributed by atoms with E-state index in [-0.39, 0.29) is 12.1 Å². The van der Waals surface area contributed by atoms with Crippen molar-refractivity contribution in [2.24, 2.45) is 5.92 Å². The van der Waals surface area contributed by atoms with Crippen molar-refractivity contribution in [3.05, 3.63) is 52.8 Å². The van der Waals surface area contributed by atoms with E-state index in [0.29, 0.717) is 24.5 Å². The molecule has 0 spiro atoms. The Kier molecular flexibility index (Phi) is 5.52. The highest BCUT2D eigenvalue weighted by Crippen LogP contribution is 2.34. The average molecular weight is 421 g/mol. The van der Waals surface area contributed by atoms with Gasteiger partial charge in [0.15, 0.2) is 0 Å². The topological polar surface area (TPSA) is 87.4 Å². The first kappa shape index (κ1) is 20.2. The molecule has 1 aliphatic carbocycles. The van der Waals surface area contributed by atoms with E-state index in [2.05, 4.69) is 51.4 Å². The third-order valence-electron chi connectivity index (χ3n) is 7.17. The number of anilines is 1. The van der Waals surface area contributed by atoms with E-state index >= 15 is 0 Å². The highest BCUT2D eigenvalue weighted by Gasteiger charge is 2.40. The molecule has 0 bridgehead atoms. The fourth-order valence-electron chi connectivity index (χ4n) is 5.69. The van der Waals surface area contributed by atoms with E-state index in [1.54, 1.807) is 0 Å². The van der Waals surface area contributed by atoms with Gasteiger partial charge in [0.25, 0.3) is 0 Å². The minimum absolute atomic E-state index is 0.0668. The summed E-state index contributed by atoms with van der Waals surface area (Å²) < 4.78 is 0. The van der Waals surface area contributed by atoms with Gasteiger partial charge in [-0.25, -0.2) is 14.8 Å². The van der Waals surface area contributed by atoms with Gasteiger partial charge in [-0.2, -0.15) is 0 Å². The van der Waals surface area contributed by atoms with E-state index in [9.17, 15) is 4.79 Å². The normalized spacial score (nSPS) is 25.3. The second-order valence-electron chi connectivity index (χ2n) is 9.25. The number of urea groups is 1. The van der Waals surface area contributed by atoms with Crippen LogP contribution in [0.1, 0.15) is 42.1 Å². The summed E-state index contributed by atoms with van der Waals surface area (Å²) >= 11 is 0. The monoisotopic (exact) mass is 420 g/mol. The molecule has 7 heteroatoms. The molecule has 2 amide bonds. The first-order chi connectivity index (χ1) is 15.1. The number of fused-ring (bicyclic) bond motifs is 3. The van der Waals surface area contributed by atoms with Crippen molar-refractivity contribution in [3.63, 3.8) is 0 Å². The van der Waals surface area contributed by atoms with Crippen molar-refractivity contribution in [3.8, 4) is 0 Å². The summed E-state index contributed by atoms with van der Waals surface area (Å²) in [5, 5.41) is 3.36. The van der Waals surface area contributed by atoms with Gasteiger partial charge in [0.05, 0.1) is 0 Å². The summed E-state index contributed by atoms with van der Waals surface area (Å²) in [6.45, 7) is 5.67. The molecule has 2 aromatic rings. The molecule has 0 unspecified atom stereocenters. The number of piperidine rings is 1. The summed E-state index contributed by atoms with van der Waals surface area (Å²) in [4.78, 5) is 26.4. The quantitative estimate of drug-likeness (QED) is 0.796. The number of hydrogen-bond acceptors (Lipinski definition) is 5. The maximum absolute atomic E-state index is 13.1. The maximum Gasteiger partial charge on any atom is 0.317 e. The number of nitrogens with two attached hydrogens (primary N) is 1. The number of nitrogens with zero attached hydrogens (tertiary/aromatic N) is 4. The van der Waals surface area contributed by atoms with Crippen LogP contribution in [0.4, 0.5) is 10.7 Å². The lowest BCUT2D eigenvalue weighted by molar-refractivity contribution is 0.0622. The van der Waals surface area contributed by atoms with Gasteiger partial charge in [-0.3, -0.25) is 4.90 Å². The summed E-state index contributed by atoms with van der Waals surface area (Å²) in [5.74, 6) is 0.836. The van der Waals surface area contributed by atoms with Gasteiger partial charge in [-0.15, -0.1) is 0 Å². The van der Waals surface area contributed by atoms with Gasteiger partial charge in [0.2, 0.25) is 5.95 Å². The molecule has 2 aliphatic heterocycles. The third-order valence-corrected chi connectivity index (χ3v) is 7.17. The molecule has 3 atom stereocenters. The predicted octanol–water partition coefficient (Wildman–Crippen LogP) is 2.39. The van der Waals surface area contributed by atoms with Gasteiger partial charge in [0.1, 0.15) is 0 Å². The van der Waals surface area contributed by atoms with E-state index < -0.39 is 0 Å². The van der Waals surface area contributed by atoms with Crippen LogP contribution in [-0.2, 0) is 25.8 Å². The predicted molar refractivity (Wildman–Crippen MR) is 120 cm³/mol. The number of carbonyl (C=O) groups is 1. The van der Waals surface area contributed by atoms with Gasteiger partial charge < -0.3 is 16.0 Å². The number of amides is 2. The van der Waals surface area contributed by atoms with Crippen LogP contribution in [0.5, 0.6) is 0 Å². The van der Waals surface area contributed by atoms with Crippen LogP contribution in [0, 0.1) is 5.92 Å². The zero-order valence-electron chi connectivity index (χ0n) is 18.3. The first-order valence-corrected chi connectivity index (χ1v) is 11.6. The third kappa shape index (κ3) is 4.11. The number of aromatic nitrogens is 2. The van der Waals surface area contributed by atoms with Gasteiger partial charge in [-0.1, -0.05) is 31.2 Å². The van der Waals surface area contributed by atoms with Crippen molar-refractivity contribution in [1.29, 1.82) is 0 Å². The molecule has 164 valence electrons. The highest BCUT2D eigenvalue weighted by atomic mass is 16.2. The molecule has 5 rings (SSSR count). The van der Waals surface area contributed by atoms with E-state index in [0.717, 1.165) is 57.4 Å². The molecule has 3 heterocycles. The number of carbonyl (C=O) groups excluding carboxylic acids is 1. The number of benzene rings is 1. The van der Waals surface area contributed by atoms with Crippen LogP contribution in [0.3, 0.4) is 0 Å². The molecule has 1 saturated heterocycles. The molecule has 1 fully saturated rings. The Bertz CT molecular complexity index is 963. The van der Waals surface area contributed by atoms with Crippen LogP contribution in [-0.4, -0.2) is 57.5 Å². The SMILES string of the molecule is CCCN1C[C@@H](NC(=O)N2CCc3ccccc3C2)C[C@@H]2Cc3nc(N)ncc3C[C@H]21. The molecular formula is C24H32N6O. The van der Waals surface area contributed by atoms with Crippen molar-refractivity contribution in [2.75, 3.05) is 25.4 Å². The first-order valence-electron chi connectivity index (χ1n) is 11.6. The highest BCUT2D eigenvalue weighted by molar-refractivity contribution is 5.75. The van der Waals surface area contributed by atoms with Crippen LogP contribution in [0.15, 0.2) is 30.5 Å². The molecule has 7 nitrogen and oxygen atoms in total. The van der Waals surface area contributed by atoms with Crippen molar-refractivity contribution < 1.29 is 4.79 Å². The number of nitrogen functional groups attached to an aromatic ring is 1. The Hall–Kier alpha value is -2.67. The largest absolute Gasteiger partial charge is 0.368 e. The number of likely N-dealkylation sites (tertiary alicyclic amines) is 1. The zero-order valence-corrected chi connectivity index (χ0v) is 18.3. The summed E-state index contributed by atoms with van der Waals surface area (Å²) in [5.41, 5.74) is 10.8. The molecule has 3 N–H and O–H groups in total. The number of rotatable bonds is 3. The summed E-state index contributed by atoms with van der Waals surface area (Å²) in [6, 6.07) is 9.17. The van der Waals surface area contributed by atoms with Crippen molar-refractivity contribution in [1.82, 2.24) is 25.1 Å². The fraction of sp³-hybridized carbons (Fsp3) is 0.542. The molecular weight excluding hydrogens is 388 g/mol. The van der Waals surface area contributed by atoms with E-state index in [1.165, 1.54) is 16.7 Å². The second-order valence-corrected chi connectivity index (χ2v) is 9.25. The van der Waals surface area contributed by atoms with Crippen molar-refractivity contribution >= 4 is 12.0 Å². The molecule has 1 aromatic carbocycles. The smallest absolute Gasteiger partial charge is 0.317 e. The Morgan fingerprint density at radius 3 is 2.90 bits per heavy atom. The lowest BCUT2D eigenvalue weighted by atomic mass is 9.76. The Morgan fingerprint density at radius 2 is 2.06 bits per heavy atom.